The number of guanidine groups is 1. The third-order valence-electron chi connectivity index (χ3n) is 3.70. The Balaban J connectivity index is 2.13. The van der Waals surface area contributed by atoms with Gasteiger partial charge in [-0.05, 0) is 32.4 Å². The molecule has 0 fully saturated rings. The molecule has 0 aliphatic carbocycles. The summed E-state index contributed by atoms with van der Waals surface area (Å²) in [5.41, 5.74) is 1.88. The lowest BCUT2D eigenvalue weighted by molar-refractivity contribution is 0.0268. The fourth-order valence-corrected chi connectivity index (χ4v) is 2.17. The van der Waals surface area contributed by atoms with Crippen molar-refractivity contribution in [3.63, 3.8) is 0 Å². The number of methoxy groups -OCH3 is 1. The number of nitrogens with one attached hydrogen (secondary N) is 2. The van der Waals surface area contributed by atoms with Gasteiger partial charge in [0.05, 0.1) is 17.7 Å². The fraction of sp³-hybridized carbons (Fsp3) is 0.444. The van der Waals surface area contributed by atoms with Gasteiger partial charge >= 0.3 is 0 Å². The van der Waals surface area contributed by atoms with Crippen LogP contribution in [0.5, 0.6) is 0 Å². The monoisotopic (exact) mass is 314 g/mol. The van der Waals surface area contributed by atoms with Gasteiger partial charge in [0.15, 0.2) is 5.96 Å². The summed E-state index contributed by atoms with van der Waals surface area (Å²) >= 11 is 0. The number of ether oxygens (including phenoxy) is 1. The minimum absolute atomic E-state index is 0.239. The molecular weight excluding hydrogens is 288 g/mol. The van der Waals surface area contributed by atoms with Crippen LogP contribution in [0.15, 0.2) is 41.5 Å². The van der Waals surface area contributed by atoms with Gasteiger partial charge in [-0.15, -0.1) is 0 Å². The molecule has 0 aliphatic heterocycles. The van der Waals surface area contributed by atoms with Crippen LogP contribution in [0, 0.1) is 0 Å². The van der Waals surface area contributed by atoms with Crippen LogP contribution in [0.4, 0.5) is 0 Å². The van der Waals surface area contributed by atoms with E-state index in [1.54, 1.807) is 7.11 Å². The van der Waals surface area contributed by atoms with E-state index in [1.807, 2.05) is 32.2 Å². The molecule has 5 nitrogen and oxygen atoms in total. The minimum atomic E-state index is -0.239. The lowest BCUT2D eigenvalue weighted by atomic mass is 10.1. The van der Waals surface area contributed by atoms with Gasteiger partial charge in [0.2, 0.25) is 0 Å². The van der Waals surface area contributed by atoms with Crippen LogP contribution in [0.1, 0.15) is 26.3 Å². The lowest BCUT2D eigenvalue weighted by Crippen LogP contribution is -2.45. The van der Waals surface area contributed by atoms with E-state index in [2.05, 4.69) is 45.7 Å². The number of fused-ring (bicyclic) bond motifs is 1. The number of para-hydroxylation sites is 1. The van der Waals surface area contributed by atoms with Crippen molar-refractivity contribution >= 4 is 16.9 Å². The molecule has 0 saturated heterocycles. The van der Waals surface area contributed by atoms with Gasteiger partial charge in [-0.25, -0.2) is 4.99 Å². The highest BCUT2D eigenvalue weighted by molar-refractivity contribution is 5.83. The number of rotatable bonds is 6. The zero-order chi connectivity index (χ0) is 16.7. The highest BCUT2D eigenvalue weighted by Gasteiger charge is 2.16. The Morgan fingerprint density at radius 3 is 2.74 bits per heavy atom. The second kappa shape index (κ2) is 7.92. The summed E-state index contributed by atoms with van der Waals surface area (Å²) in [7, 11) is 1.72. The minimum Gasteiger partial charge on any atom is -0.377 e. The first-order chi connectivity index (χ1) is 11.1. The molecule has 2 aromatic rings. The smallest absolute Gasteiger partial charge is 0.191 e. The van der Waals surface area contributed by atoms with Crippen molar-refractivity contribution in [3.8, 4) is 0 Å². The molecule has 1 heterocycles. The first kappa shape index (κ1) is 17.2. The van der Waals surface area contributed by atoms with Gasteiger partial charge in [-0.3, -0.25) is 4.98 Å². The van der Waals surface area contributed by atoms with Gasteiger partial charge in [-0.1, -0.05) is 24.3 Å². The maximum atomic E-state index is 5.43. The van der Waals surface area contributed by atoms with E-state index in [1.165, 1.54) is 0 Å². The molecule has 5 heteroatoms. The van der Waals surface area contributed by atoms with Crippen molar-refractivity contribution in [1.29, 1.82) is 0 Å². The van der Waals surface area contributed by atoms with Crippen molar-refractivity contribution in [2.45, 2.75) is 32.9 Å². The van der Waals surface area contributed by atoms with Crippen LogP contribution in [-0.2, 0) is 11.3 Å². The Morgan fingerprint density at radius 1 is 1.22 bits per heavy atom. The van der Waals surface area contributed by atoms with E-state index in [-0.39, 0.29) is 5.60 Å². The molecule has 0 amide bonds. The zero-order valence-electron chi connectivity index (χ0n) is 14.4. The van der Waals surface area contributed by atoms with Crippen LogP contribution in [0.2, 0.25) is 0 Å². The van der Waals surface area contributed by atoms with E-state index < -0.39 is 0 Å². The van der Waals surface area contributed by atoms with E-state index >= 15 is 0 Å². The largest absolute Gasteiger partial charge is 0.377 e. The standard InChI is InChI=1S/C18H26N4O/c1-5-19-17(22-13-18(2,3)23-4)21-12-15-9-6-8-14-10-7-11-20-16(14)15/h6-11H,5,12-13H2,1-4H3,(H2,19,21,22). The maximum absolute atomic E-state index is 5.43. The predicted octanol–water partition coefficient (Wildman–Crippen LogP) is 2.71. The third kappa shape index (κ3) is 4.93. The summed E-state index contributed by atoms with van der Waals surface area (Å²) in [5.74, 6) is 0.783. The number of hydrogen-bond acceptors (Lipinski definition) is 3. The topological polar surface area (TPSA) is 58.5 Å². The Labute approximate surface area is 138 Å². The third-order valence-corrected chi connectivity index (χ3v) is 3.70. The summed E-state index contributed by atoms with van der Waals surface area (Å²) in [6.45, 7) is 8.21. The van der Waals surface area contributed by atoms with Gasteiger partial charge in [0.1, 0.15) is 0 Å². The molecule has 0 spiro atoms. The van der Waals surface area contributed by atoms with Crippen molar-refractivity contribution in [2.24, 2.45) is 4.99 Å². The molecule has 23 heavy (non-hydrogen) atoms. The van der Waals surface area contributed by atoms with Gasteiger partial charge in [0, 0.05) is 31.8 Å². The van der Waals surface area contributed by atoms with Gasteiger partial charge in [0.25, 0.3) is 0 Å². The zero-order valence-corrected chi connectivity index (χ0v) is 14.4. The maximum Gasteiger partial charge on any atom is 0.191 e. The highest BCUT2D eigenvalue weighted by atomic mass is 16.5. The molecule has 0 bridgehead atoms. The predicted molar refractivity (Wildman–Crippen MR) is 95.6 cm³/mol. The second-order valence-electron chi connectivity index (χ2n) is 6.00. The lowest BCUT2D eigenvalue weighted by Gasteiger charge is -2.24. The SMILES string of the molecule is CCNC(=NCc1cccc2cccnc12)NCC(C)(C)OC. The van der Waals surface area contributed by atoms with Crippen molar-refractivity contribution < 1.29 is 4.74 Å². The fourth-order valence-electron chi connectivity index (χ4n) is 2.17. The molecule has 0 atom stereocenters. The molecule has 0 radical (unpaired) electrons. The Hall–Kier alpha value is -2.14. The average molecular weight is 314 g/mol. The molecule has 1 aromatic carbocycles. The first-order valence-corrected chi connectivity index (χ1v) is 7.95. The molecule has 0 aliphatic rings. The molecule has 2 rings (SSSR count). The normalized spacial score (nSPS) is 12.4. The quantitative estimate of drug-likeness (QED) is 0.636. The van der Waals surface area contributed by atoms with E-state index in [4.69, 9.17) is 4.74 Å². The van der Waals surface area contributed by atoms with Gasteiger partial charge < -0.3 is 15.4 Å². The average Bonchev–Trinajstić information content (AvgIpc) is 2.57. The molecule has 1 aromatic heterocycles. The Morgan fingerprint density at radius 2 is 2.00 bits per heavy atom. The van der Waals surface area contributed by atoms with Crippen LogP contribution in [-0.4, -0.2) is 36.7 Å². The number of hydrogen-bond donors (Lipinski definition) is 2. The summed E-state index contributed by atoms with van der Waals surface area (Å²) in [4.78, 5) is 9.14. The number of aliphatic imine (C=N–C) groups is 1. The van der Waals surface area contributed by atoms with Crippen molar-refractivity contribution in [2.75, 3.05) is 20.2 Å². The Bertz CT molecular complexity index is 662. The van der Waals surface area contributed by atoms with Crippen LogP contribution in [0.3, 0.4) is 0 Å². The molecule has 2 N–H and O–H groups in total. The first-order valence-electron chi connectivity index (χ1n) is 7.95. The Kier molecular flexibility index (Phi) is 5.93. The molecular formula is C18H26N4O. The van der Waals surface area contributed by atoms with E-state index in [9.17, 15) is 0 Å². The number of aromatic nitrogens is 1. The highest BCUT2D eigenvalue weighted by Crippen LogP contribution is 2.16. The summed E-state index contributed by atoms with van der Waals surface area (Å²) in [5, 5.41) is 7.72. The molecule has 124 valence electrons. The van der Waals surface area contributed by atoms with Crippen molar-refractivity contribution in [1.82, 2.24) is 15.6 Å². The van der Waals surface area contributed by atoms with Crippen LogP contribution < -0.4 is 10.6 Å². The van der Waals surface area contributed by atoms with E-state index in [0.717, 1.165) is 29.0 Å². The number of nitrogens with zero attached hydrogens (tertiary/aromatic N) is 2. The van der Waals surface area contributed by atoms with Gasteiger partial charge in [-0.2, -0.15) is 0 Å². The van der Waals surface area contributed by atoms with Crippen LogP contribution in [0.25, 0.3) is 10.9 Å². The summed E-state index contributed by atoms with van der Waals surface area (Å²) < 4.78 is 5.43. The molecule has 0 saturated carbocycles. The summed E-state index contributed by atoms with van der Waals surface area (Å²) in [6, 6.07) is 10.2. The second-order valence-corrected chi connectivity index (χ2v) is 6.00. The van der Waals surface area contributed by atoms with E-state index in [0.29, 0.717) is 13.1 Å². The van der Waals surface area contributed by atoms with Crippen LogP contribution >= 0.6 is 0 Å². The molecule has 0 unspecified atom stereocenters. The van der Waals surface area contributed by atoms with Crippen molar-refractivity contribution in [3.05, 3.63) is 42.1 Å². The number of pyridine rings is 1. The number of benzene rings is 1. The summed E-state index contributed by atoms with van der Waals surface area (Å²) in [6.07, 6.45) is 1.82.